The average molecular weight is 630 g/mol. The molecule has 6 aromatic carbocycles. The molecule has 2 heterocycles. The van der Waals surface area contributed by atoms with E-state index in [1.807, 2.05) is 0 Å². The summed E-state index contributed by atoms with van der Waals surface area (Å²) in [4.78, 5) is 11.0. The monoisotopic (exact) mass is 629 g/mol. The third-order valence-electron chi connectivity index (χ3n) is 13.2. The Morgan fingerprint density at radius 1 is 0.510 bits per heavy atom. The Kier molecular flexibility index (Phi) is 5.14. The summed E-state index contributed by atoms with van der Waals surface area (Å²) < 4.78 is 2.38. The first-order chi connectivity index (χ1) is 24.3. The average Bonchev–Trinajstić information content (AvgIpc) is 3.62. The van der Waals surface area contributed by atoms with E-state index < -0.39 is 0 Å². The maximum atomic E-state index is 5.49. The molecule has 0 atom stereocenters. The van der Waals surface area contributed by atoms with Crippen molar-refractivity contribution < 1.29 is 0 Å². The zero-order valence-corrected chi connectivity index (χ0v) is 27.3. The molecule has 1 spiro atoms. The van der Waals surface area contributed by atoms with E-state index >= 15 is 0 Å². The van der Waals surface area contributed by atoms with Gasteiger partial charge in [0.05, 0.1) is 22.2 Å². The van der Waals surface area contributed by atoms with E-state index in [2.05, 4.69) is 132 Å². The van der Waals surface area contributed by atoms with Gasteiger partial charge in [-0.3, -0.25) is 4.57 Å². The fourth-order valence-electron chi connectivity index (χ4n) is 11.6. The highest BCUT2D eigenvalue weighted by Gasteiger charge is 2.61. The fraction of sp³-hybridized carbons (Fsp3) is 0.217. The number of aromatic nitrogens is 3. The van der Waals surface area contributed by atoms with Crippen LogP contribution in [-0.2, 0) is 5.41 Å². The quantitative estimate of drug-likeness (QED) is 0.178. The molecule has 2 aromatic heterocycles. The molecule has 0 N–H and O–H groups in total. The third kappa shape index (κ3) is 3.38. The Balaban J connectivity index is 1.20. The highest BCUT2D eigenvalue weighted by atomic mass is 15.2. The molecule has 4 fully saturated rings. The molecule has 0 amide bonds. The molecule has 4 bridgehead atoms. The molecule has 4 saturated carbocycles. The van der Waals surface area contributed by atoms with Crippen molar-refractivity contribution in [1.82, 2.24) is 14.5 Å². The third-order valence-corrected chi connectivity index (χ3v) is 13.2. The van der Waals surface area contributed by atoms with Crippen LogP contribution in [0.2, 0.25) is 0 Å². The highest BCUT2D eigenvalue weighted by Crippen LogP contribution is 2.69. The number of fused-ring (bicyclic) bond motifs is 9. The number of hydrogen-bond donors (Lipinski definition) is 0. The number of benzene rings is 6. The summed E-state index contributed by atoms with van der Waals surface area (Å²) in [6.45, 7) is 0. The van der Waals surface area contributed by atoms with Crippen molar-refractivity contribution in [2.24, 2.45) is 23.7 Å². The summed E-state index contributed by atoms with van der Waals surface area (Å²) >= 11 is 0. The number of nitrogens with zero attached hydrogens (tertiary/aromatic N) is 3. The van der Waals surface area contributed by atoms with Crippen LogP contribution in [0.5, 0.6) is 0 Å². The Morgan fingerprint density at radius 2 is 1.22 bits per heavy atom. The van der Waals surface area contributed by atoms with Gasteiger partial charge in [-0.25, -0.2) is 9.97 Å². The van der Waals surface area contributed by atoms with Crippen LogP contribution < -0.4 is 0 Å². The molecular weight excluding hydrogens is 595 g/mol. The summed E-state index contributed by atoms with van der Waals surface area (Å²) in [5.74, 6) is 4.00. The van der Waals surface area contributed by atoms with Crippen molar-refractivity contribution in [3.8, 4) is 28.3 Å². The summed E-state index contributed by atoms with van der Waals surface area (Å²) in [6.07, 6.45) is 6.97. The fourth-order valence-corrected chi connectivity index (χ4v) is 11.6. The zero-order chi connectivity index (χ0) is 31.8. The molecule has 0 radical (unpaired) electrons. The van der Waals surface area contributed by atoms with Crippen LogP contribution in [0.25, 0.3) is 71.8 Å². The predicted octanol–water partition coefficient (Wildman–Crippen LogP) is 11.3. The number of para-hydroxylation sites is 1. The minimum atomic E-state index is 0.102. The van der Waals surface area contributed by atoms with Crippen LogP contribution in [0, 0.1) is 23.7 Å². The molecule has 3 heteroatoms. The van der Waals surface area contributed by atoms with Crippen molar-refractivity contribution in [3.05, 3.63) is 139 Å². The van der Waals surface area contributed by atoms with Crippen molar-refractivity contribution >= 4 is 43.5 Å². The molecule has 3 nitrogen and oxygen atoms in total. The maximum Gasteiger partial charge on any atom is 0.235 e. The van der Waals surface area contributed by atoms with Crippen molar-refractivity contribution in [1.29, 1.82) is 0 Å². The van der Waals surface area contributed by atoms with E-state index in [1.165, 1.54) is 64.9 Å². The second kappa shape index (κ2) is 9.45. The van der Waals surface area contributed by atoms with Crippen molar-refractivity contribution in [3.63, 3.8) is 0 Å². The lowest BCUT2D eigenvalue weighted by Crippen LogP contribution is -2.55. The first-order valence-electron chi connectivity index (χ1n) is 18.2. The van der Waals surface area contributed by atoms with Gasteiger partial charge in [-0.1, -0.05) is 103 Å². The van der Waals surface area contributed by atoms with Gasteiger partial charge in [-0.15, -0.1) is 0 Å². The van der Waals surface area contributed by atoms with E-state index in [4.69, 9.17) is 9.97 Å². The largest absolute Gasteiger partial charge is 0.278 e. The standard InChI is InChI=1S/C46H35N3/c1-2-11-30(12-3-1)43-36-19-18-29-10-4-5-13-33(29)44(36)48-45(47-43)49-41-17-9-7-15-35(41)38-25-37-34-14-6-8-16-39(34)46(40(37)26-42(38)49)31-21-27-20-28(23-31)24-32(46)22-27/h1-19,25-28,31-32H,20-24H2. The molecular formula is C46H35N3. The molecule has 13 rings (SSSR count). The molecule has 0 aliphatic heterocycles. The van der Waals surface area contributed by atoms with Crippen LogP contribution >= 0.6 is 0 Å². The van der Waals surface area contributed by atoms with E-state index in [9.17, 15) is 0 Å². The van der Waals surface area contributed by atoms with Gasteiger partial charge in [0, 0.05) is 32.5 Å². The van der Waals surface area contributed by atoms with Crippen LogP contribution in [0.1, 0.15) is 43.2 Å². The Bertz CT molecular complexity index is 2650. The van der Waals surface area contributed by atoms with Gasteiger partial charge in [0.2, 0.25) is 5.95 Å². The SMILES string of the molecule is c1ccc(-c2nc(-n3c4ccccc4c4cc5c(cc43)C3(c4ccccc4-5)C4CC5CC(C4)CC3C5)nc3c2ccc2ccccc23)cc1. The molecule has 8 aromatic rings. The minimum absolute atomic E-state index is 0.102. The smallest absolute Gasteiger partial charge is 0.235 e. The number of hydrogen-bond acceptors (Lipinski definition) is 2. The first kappa shape index (κ1) is 26.6. The van der Waals surface area contributed by atoms with Crippen molar-refractivity contribution in [2.45, 2.75) is 37.5 Å². The van der Waals surface area contributed by atoms with E-state index in [1.54, 1.807) is 11.1 Å². The van der Waals surface area contributed by atoms with E-state index in [0.29, 0.717) is 0 Å². The van der Waals surface area contributed by atoms with Crippen LogP contribution in [0.4, 0.5) is 0 Å². The second-order valence-corrected chi connectivity index (χ2v) is 15.4. The Labute approximate surface area is 285 Å². The molecule has 234 valence electrons. The highest BCUT2D eigenvalue weighted by molar-refractivity contribution is 6.13. The van der Waals surface area contributed by atoms with Crippen molar-refractivity contribution in [2.75, 3.05) is 0 Å². The molecule has 5 aliphatic carbocycles. The van der Waals surface area contributed by atoms with E-state index in [0.717, 1.165) is 62.7 Å². The van der Waals surface area contributed by atoms with Crippen LogP contribution in [-0.4, -0.2) is 14.5 Å². The Hall–Kier alpha value is -5.28. The van der Waals surface area contributed by atoms with Gasteiger partial charge in [-0.2, -0.15) is 0 Å². The van der Waals surface area contributed by atoms with Crippen LogP contribution in [0.15, 0.2) is 127 Å². The molecule has 49 heavy (non-hydrogen) atoms. The second-order valence-electron chi connectivity index (χ2n) is 15.4. The minimum Gasteiger partial charge on any atom is -0.278 e. The zero-order valence-electron chi connectivity index (χ0n) is 27.3. The van der Waals surface area contributed by atoms with Gasteiger partial charge in [-0.05, 0) is 108 Å². The molecule has 0 saturated heterocycles. The predicted molar refractivity (Wildman–Crippen MR) is 200 cm³/mol. The summed E-state index contributed by atoms with van der Waals surface area (Å²) in [6, 6.07) is 47.1. The van der Waals surface area contributed by atoms with E-state index in [-0.39, 0.29) is 5.41 Å². The summed E-state index contributed by atoms with van der Waals surface area (Å²) in [5, 5.41) is 5.98. The lowest BCUT2D eigenvalue weighted by atomic mass is 9.43. The van der Waals surface area contributed by atoms with Gasteiger partial charge < -0.3 is 0 Å². The van der Waals surface area contributed by atoms with Gasteiger partial charge in [0.25, 0.3) is 0 Å². The van der Waals surface area contributed by atoms with Gasteiger partial charge in [0.15, 0.2) is 0 Å². The molecule has 5 aliphatic rings. The first-order valence-corrected chi connectivity index (χ1v) is 18.2. The number of rotatable bonds is 2. The lowest BCUT2D eigenvalue weighted by Gasteiger charge is -2.61. The summed E-state index contributed by atoms with van der Waals surface area (Å²) in [7, 11) is 0. The Morgan fingerprint density at radius 3 is 2.06 bits per heavy atom. The van der Waals surface area contributed by atoms with Crippen LogP contribution in [0.3, 0.4) is 0 Å². The van der Waals surface area contributed by atoms with Gasteiger partial charge >= 0.3 is 0 Å². The topological polar surface area (TPSA) is 30.7 Å². The normalized spacial score (nSPS) is 24.8. The maximum absolute atomic E-state index is 5.49. The molecule has 0 unspecified atom stereocenters. The lowest BCUT2D eigenvalue weighted by molar-refractivity contribution is -0.0399. The van der Waals surface area contributed by atoms with Gasteiger partial charge in [0.1, 0.15) is 0 Å². The summed E-state index contributed by atoms with van der Waals surface area (Å²) in [5.41, 5.74) is 11.6.